The molecule has 0 bridgehead atoms. The van der Waals surface area contributed by atoms with Gasteiger partial charge in [-0.2, -0.15) is 0 Å². The number of carbonyl (C=O) groups is 1. The van der Waals surface area contributed by atoms with Crippen LogP contribution in [0.15, 0.2) is 42.5 Å². The van der Waals surface area contributed by atoms with Gasteiger partial charge in [0.1, 0.15) is 0 Å². The van der Waals surface area contributed by atoms with Crippen molar-refractivity contribution in [2.24, 2.45) is 5.92 Å². The van der Waals surface area contributed by atoms with Gasteiger partial charge in [0.15, 0.2) is 0 Å². The van der Waals surface area contributed by atoms with Crippen molar-refractivity contribution in [2.45, 2.75) is 20.3 Å². The molecule has 1 aromatic carbocycles. The minimum atomic E-state index is -0.286. The lowest BCUT2D eigenvalue weighted by Crippen LogP contribution is -2.13. The third-order valence-electron chi connectivity index (χ3n) is 2.43. The first-order valence-electron chi connectivity index (χ1n) is 5.51. The summed E-state index contributed by atoms with van der Waals surface area (Å²) in [6.45, 7) is 7.98. The molecule has 0 spiro atoms. The van der Waals surface area contributed by atoms with E-state index < -0.39 is 0 Å². The summed E-state index contributed by atoms with van der Waals surface area (Å²) in [7, 11) is 0. The molecule has 0 unspecified atom stereocenters. The first kappa shape index (κ1) is 12.5. The van der Waals surface area contributed by atoms with Gasteiger partial charge < -0.3 is 4.74 Å². The van der Waals surface area contributed by atoms with E-state index in [1.54, 1.807) is 0 Å². The largest absolute Gasteiger partial charge is 0.462 e. The van der Waals surface area contributed by atoms with E-state index in [0.717, 1.165) is 6.42 Å². The zero-order chi connectivity index (χ0) is 12.0. The van der Waals surface area contributed by atoms with Crippen molar-refractivity contribution < 1.29 is 9.53 Å². The fourth-order valence-corrected chi connectivity index (χ4v) is 1.23. The van der Waals surface area contributed by atoms with E-state index >= 15 is 0 Å². The third-order valence-corrected chi connectivity index (χ3v) is 2.43. The van der Waals surface area contributed by atoms with Crippen LogP contribution in [0.3, 0.4) is 0 Å². The van der Waals surface area contributed by atoms with Crippen molar-refractivity contribution in [2.75, 3.05) is 6.61 Å². The van der Waals surface area contributed by atoms with E-state index in [1.807, 2.05) is 44.2 Å². The number of esters is 1. The number of ether oxygens (including phenoxy) is 1. The lowest BCUT2D eigenvalue weighted by Gasteiger charge is -2.09. The molecule has 2 heteroatoms. The number of benzene rings is 1. The zero-order valence-electron chi connectivity index (χ0n) is 9.90. The maximum atomic E-state index is 11.5. The normalized spacial score (nSPS) is 10.2. The molecule has 0 amide bonds. The summed E-state index contributed by atoms with van der Waals surface area (Å²) in [6, 6.07) is 9.96. The van der Waals surface area contributed by atoms with Crippen molar-refractivity contribution >= 4 is 5.97 Å². The zero-order valence-corrected chi connectivity index (χ0v) is 9.90. The second kappa shape index (κ2) is 6.11. The standard InChI is InChI=1S/C14H18O2/c1-11(2)12(3)14(15)16-10-9-13-7-5-4-6-8-13/h4-8,11H,3,9-10H2,1-2H3. The average Bonchev–Trinajstić information content (AvgIpc) is 2.29. The fraction of sp³-hybridized carbons (Fsp3) is 0.357. The molecule has 0 fully saturated rings. The van der Waals surface area contributed by atoms with Crippen LogP contribution in [-0.4, -0.2) is 12.6 Å². The predicted molar refractivity (Wildman–Crippen MR) is 65.1 cm³/mol. The summed E-state index contributed by atoms with van der Waals surface area (Å²) in [5, 5.41) is 0. The minimum Gasteiger partial charge on any atom is -0.462 e. The van der Waals surface area contributed by atoms with Gasteiger partial charge in [0, 0.05) is 12.0 Å². The van der Waals surface area contributed by atoms with Crippen LogP contribution in [0.1, 0.15) is 19.4 Å². The minimum absolute atomic E-state index is 0.143. The van der Waals surface area contributed by atoms with E-state index in [0.29, 0.717) is 12.2 Å². The summed E-state index contributed by atoms with van der Waals surface area (Å²) >= 11 is 0. The number of hydrogen-bond donors (Lipinski definition) is 0. The molecule has 86 valence electrons. The molecule has 16 heavy (non-hydrogen) atoms. The molecule has 0 radical (unpaired) electrons. The van der Waals surface area contributed by atoms with Gasteiger partial charge in [0.25, 0.3) is 0 Å². The van der Waals surface area contributed by atoms with Gasteiger partial charge in [-0.3, -0.25) is 0 Å². The molecule has 0 aliphatic heterocycles. The Labute approximate surface area is 96.9 Å². The van der Waals surface area contributed by atoms with E-state index in [1.165, 1.54) is 5.56 Å². The van der Waals surface area contributed by atoms with Crippen LogP contribution in [0.5, 0.6) is 0 Å². The first-order chi connectivity index (χ1) is 7.61. The maximum absolute atomic E-state index is 11.5. The van der Waals surface area contributed by atoms with Gasteiger partial charge in [-0.1, -0.05) is 50.8 Å². The maximum Gasteiger partial charge on any atom is 0.333 e. The lowest BCUT2D eigenvalue weighted by molar-refractivity contribution is -0.139. The second-order valence-corrected chi connectivity index (χ2v) is 4.05. The number of hydrogen-bond acceptors (Lipinski definition) is 2. The van der Waals surface area contributed by atoms with E-state index in [4.69, 9.17) is 4.74 Å². The average molecular weight is 218 g/mol. The molecule has 0 aliphatic carbocycles. The van der Waals surface area contributed by atoms with Crippen LogP contribution in [0.2, 0.25) is 0 Å². The van der Waals surface area contributed by atoms with Crippen LogP contribution >= 0.6 is 0 Å². The van der Waals surface area contributed by atoms with Crippen LogP contribution < -0.4 is 0 Å². The molecule has 2 nitrogen and oxygen atoms in total. The van der Waals surface area contributed by atoms with Crippen molar-refractivity contribution in [1.82, 2.24) is 0 Å². The molecule has 0 saturated heterocycles. The Bertz CT molecular complexity index is 352. The Morgan fingerprint density at radius 1 is 1.31 bits per heavy atom. The molecule has 1 aromatic rings. The highest BCUT2D eigenvalue weighted by Crippen LogP contribution is 2.09. The SMILES string of the molecule is C=C(C(=O)OCCc1ccccc1)C(C)C. The van der Waals surface area contributed by atoms with Crippen molar-refractivity contribution in [3.63, 3.8) is 0 Å². The fourth-order valence-electron chi connectivity index (χ4n) is 1.23. The molecule has 0 N–H and O–H groups in total. The van der Waals surface area contributed by atoms with E-state index in [2.05, 4.69) is 6.58 Å². The Hall–Kier alpha value is -1.57. The van der Waals surface area contributed by atoms with Crippen LogP contribution in [0.4, 0.5) is 0 Å². The van der Waals surface area contributed by atoms with Crippen LogP contribution in [0, 0.1) is 5.92 Å². The first-order valence-corrected chi connectivity index (χ1v) is 5.51. The molecule has 1 rings (SSSR count). The predicted octanol–water partition coefficient (Wildman–Crippen LogP) is 2.98. The number of rotatable bonds is 5. The van der Waals surface area contributed by atoms with Crippen molar-refractivity contribution in [3.8, 4) is 0 Å². The topological polar surface area (TPSA) is 26.3 Å². The number of carbonyl (C=O) groups excluding carboxylic acids is 1. The monoisotopic (exact) mass is 218 g/mol. The van der Waals surface area contributed by atoms with Gasteiger partial charge in [-0.15, -0.1) is 0 Å². The summed E-state index contributed by atoms with van der Waals surface area (Å²) in [5.41, 5.74) is 1.71. The third kappa shape index (κ3) is 3.89. The van der Waals surface area contributed by atoms with Gasteiger partial charge in [0.2, 0.25) is 0 Å². The Balaban J connectivity index is 2.31. The van der Waals surface area contributed by atoms with E-state index in [9.17, 15) is 4.79 Å². The molecule has 0 heterocycles. The van der Waals surface area contributed by atoms with Crippen molar-refractivity contribution in [3.05, 3.63) is 48.0 Å². The highest BCUT2D eigenvalue weighted by atomic mass is 16.5. The van der Waals surface area contributed by atoms with Crippen LogP contribution in [0.25, 0.3) is 0 Å². The Kier molecular flexibility index (Phi) is 4.77. The molecule has 0 aromatic heterocycles. The smallest absolute Gasteiger partial charge is 0.333 e. The lowest BCUT2D eigenvalue weighted by atomic mass is 10.1. The quantitative estimate of drug-likeness (QED) is 0.561. The Morgan fingerprint density at radius 3 is 2.50 bits per heavy atom. The summed E-state index contributed by atoms with van der Waals surface area (Å²) in [4.78, 5) is 11.5. The molecule has 0 aliphatic rings. The van der Waals surface area contributed by atoms with Gasteiger partial charge in [-0.05, 0) is 11.5 Å². The highest BCUT2D eigenvalue weighted by Gasteiger charge is 2.11. The van der Waals surface area contributed by atoms with Crippen LogP contribution in [-0.2, 0) is 16.0 Å². The second-order valence-electron chi connectivity index (χ2n) is 4.05. The Morgan fingerprint density at radius 2 is 1.94 bits per heavy atom. The van der Waals surface area contributed by atoms with Gasteiger partial charge >= 0.3 is 5.97 Å². The van der Waals surface area contributed by atoms with Gasteiger partial charge in [0.05, 0.1) is 6.61 Å². The van der Waals surface area contributed by atoms with Crippen molar-refractivity contribution in [1.29, 1.82) is 0 Å². The van der Waals surface area contributed by atoms with Gasteiger partial charge in [-0.25, -0.2) is 4.79 Å². The summed E-state index contributed by atoms with van der Waals surface area (Å²) < 4.78 is 5.13. The molecule has 0 atom stereocenters. The summed E-state index contributed by atoms with van der Waals surface area (Å²) in [6.07, 6.45) is 0.748. The van der Waals surface area contributed by atoms with E-state index in [-0.39, 0.29) is 11.9 Å². The molecule has 0 saturated carbocycles. The molecular weight excluding hydrogens is 200 g/mol. The summed E-state index contributed by atoms with van der Waals surface area (Å²) in [5.74, 6) is -0.143. The highest BCUT2D eigenvalue weighted by molar-refractivity contribution is 5.88. The molecular formula is C14H18O2.